The van der Waals surface area contributed by atoms with E-state index in [-0.39, 0.29) is 5.56 Å². The summed E-state index contributed by atoms with van der Waals surface area (Å²) in [4.78, 5) is 16.3. The number of benzene rings is 2. The van der Waals surface area contributed by atoms with Crippen molar-refractivity contribution in [1.82, 2.24) is 4.98 Å². The van der Waals surface area contributed by atoms with Crippen molar-refractivity contribution in [3.05, 3.63) is 57.3 Å². The van der Waals surface area contributed by atoms with Crippen LogP contribution in [-0.4, -0.2) is 10.9 Å². The third-order valence-electron chi connectivity index (χ3n) is 2.77. The second kappa shape index (κ2) is 5.71. The van der Waals surface area contributed by atoms with E-state index in [2.05, 4.69) is 26.2 Å². The molecule has 0 bridgehead atoms. The first kappa shape index (κ1) is 14.4. The van der Waals surface area contributed by atoms with E-state index in [1.54, 1.807) is 12.1 Å². The van der Waals surface area contributed by atoms with Gasteiger partial charge in [-0.2, -0.15) is 0 Å². The van der Waals surface area contributed by atoms with Gasteiger partial charge in [0, 0.05) is 4.47 Å². The Morgan fingerprint density at radius 1 is 1.33 bits per heavy atom. The topological polar surface area (TPSA) is 42.0 Å². The number of nitrogens with zero attached hydrogens (tertiary/aromatic N) is 1. The van der Waals surface area contributed by atoms with Crippen LogP contribution in [0.5, 0.6) is 0 Å². The number of hydrogen-bond acceptors (Lipinski definition) is 3. The number of carbonyl (C=O) groups is 1. The van der Waals surface area contributed by atoms with Crippen molar-refractivity contribution in [3.63, 3.8) is 0 Å². The minimum atomic E-state index is -0.596. The fraction of sp³-hybridized carbons (Fsp3) is 0. The Morgan fingerprint density at radius 2 is 2.14 bits per heavy atom. The zero-order chi connectivity index (χ0) is 15.0. The molecule has 1 heterocycles. The normalized spacial score (nSPS) is 10.8. The van der Waals surface area contributed by atoms with Crippen LogP contribution in [0.1, 0.15) is 10.4 Å². The second-order valence-corrected chi connectivity index (χ2v) is 6.54. The molecule has 3 aromatic rings. The molecule has 106 valence electrons. The van der Waals surface area contributed by atoms with Gasteiger partial charge in [-0.15, -0.1) is 0 Å². The number of nitrogens with one attached hydrogen (secondary N) is 1. The van der Waals surface area contributed by atoms with Gasteiger partial charge in [0.05, 0.1) is 15.3 Å². The monoisotopic (exact) mass is 384 g/mol. The Kier molecular flexibility index (Phi) is 3.93. The maximum absolute atomic E-state index is 13.7. The number of carbonyl (C=O) groups excluding carboxylic acids is 1. The number of anilines is 1. The summed E-state index contributed by atoms with van der Waals surface area (Å²) in [7, 11) is 0. The number of thiazole rings is 1. The molecule has 3 nitrogen and oxygen atoms in total. The molecule has 7 heteroatoms. The van der Waals surface area contributed by atoms with E-state index in [9.17, 15) is 9.18 Å². The summed E-state index contributed by atoms with van der Waals surface area (Å²) in [5.74, 6) is -1.14. The molecule has 2 aromatic carbocycles. The first-order chi connectivity index (χ1) is 10.0. The third-order valence-corrected chi connectivity index (χ3v) is 4.50. The highest BCUT2D eigenvalue weighted by Crippen LogP contribution is 2.31. The molecule has 0 aliphatic carbocycles. The van der Waals surface area contributed by atoms with Crippen LogP contribution in [0.15, 0.2) is 40.9 Å². The number of fused-ring (bicyclic) bond motifs is 1. The van der Waals surface area contributed by atoms with Gasteiger partial charge in [0.1, 0.15) is 11.3 Å². The van der Waals surface area contributed by atoms with E-state index >= 15 is 0 Å². The lowest BCUT2D eigenvalue weighted by atomic mass is 10.2. The van der Waals surface area contributed by atoms with E-state index in [1.165, 1.54) is 23.5 Å². The lowest BCUT2D eigenvalue weighted by Gasteiger charge is -2.03. The van der Waals surface area contributed by atoms with Crippen LogP contribution >= 0.6 is 38.9 Å². The molecule has 0 radical (unpaired) electrons. The SMILES string of the molecule is O=C(Nc1nc2c(Cl)cccc2s1)c1ccc(Br)cc1F. The van der Waals surface area contributed by atoms with Crippen LogP contribution in [0.4, 0.5) is 9.52 Å². The Morgan fingerprint density at radius 3 is 2.86 bits per heavy atom. The summed E-state index contributed by atoms with van der Waals surface area (Å²) in [6.07, 6.45) is 0. The van der Waals surface area contributed by atoms with Crippen LogP contribution in [0, 0.1) is 5.82 Å². The Labute approximate surface area is 136 Å². The molecule has 0 aliphatic rings. The highest BCUT2D eigenvalue weighted by atomic mass is 79.9. The summed E-state index contributed by atoms with van der Waals surface area (Å²) in [5, 5.41) is 3.48. The van der Waals surface area contributed by atoms with Gasteiger partial charge >= 0.3 is 0 Å². The summed E-state index contributed by atoms with van der Waals surface area (Å²) in [6, 6.07) is 9.65. The lowest BCUT2D eigenvalue weighted by Crippen LogP contribution is -2.13. The van der Waals surface area contributed by atoms with E-state index in [1.807, 2.05) is 12.1 Å². The minimum absolute atomic E-state index is 0.0384. The molecule has 3 rings (SSSR count). The quantitative estimate of drug-likeness (QED) is 0.666. The van der Waals surface area contributed by atoms with E-state index < -0.39 is 11.7 Å². The smallest absolute Gasteiger partial charge is 0.260 e. The predicted molar refractivity (Wildman–Crippen MR) is 86.7 cm³/mol. The van der Waals surface area contributed by atoms with Gasteiger partial charge in [0.2, 0.25) is 0 Å². The number of hydrogen-bond donors (Lipinski definition) is 1. The first-order valence-corrected chi connectivity index (χ1v) is 7.85. The van der Waals surface area contributed by atoms with Crippen LogP contribution in [0.3, 0.4) is 0 Å². The molecule has 0 saturated carbocycles. The molecule has 0 fully saturated rings. The zero-order valence-electron chi connectivity index (χ0n) is 10.4. The fourth-order valence-corrected chi connectivity index (χ4v) is 3.30. The number of aromatic nitrogens is 1. The van der Waals surface area contributed by atoms with Gasteiger partial charge in [0.15, 0.2) is 5.13 Å². The summed E-state index contributed by atoms with van der Waals surface area (Å²) < 4.78 is 15.2. The zero-order valence-corrected chi connectivity index (χ0v) is 13.5. The molecular formula is C14H7BrClFN2OS. The molecule has 21 heavy (non-hydrogen) atoms. The van der Waals surface area contributed by atoms with Crippen LogP contribution < -0.4 is 5.32 Å². The van der Waals surface area contributed by atoms with Gasteiger partial charge in [0.25, 0.3) is 5.91 Å². The van der Waals surface area contributed by atoms with E-state index in [0.29, 0.717) is 20.1 Å². The molecule has 0 aliphatic heterocycles. The lowest BCUT2D eigenvalue weighted by molar-refractivity contribution is 0.102. The Balaban J connectivity index is 1.91. The standard InChI is InChI=1S/C14H7BrClFN2OS/c15-7-4-5-8(10(17)6-7)13(20)19-14-18-12-9(16)2-1-3-11(12)21-14/h1-6H,(H,18,19,20). The maximum atomic E-state index is 13.7. The summed E-state index contributed by atoms with van der Waals surface area (Å²) >= 11 is 10.5. The average Bonchev–Trinajstić information content (AvgIpc) is 2.82. The average molecular weight is 386 g/mol. The van der Waals surface area contributed by atoms with Crippen LogP contribution in [-0.2, 0) is 0 Å². The molecule has 0 spiro atoms. The number of halogens is 3. The summed E-state index contributed by atoms with van der Waals surface area (Å²) in [5.41, 5.74) is 0.583. The molecule has 0 unspecified atom stereocenters. The molecule has 1 aromatic heterocycles. The van der Waals surface area contributed by atoms with E-state index in [4.69, 9.17) is 11.6 Å². The summed E-state index contributed by atoms with van der Waals surface area (Å²) in [6.45, 7) is 0. The number of para-hydroxylation sites is 1. The molecular weight excluding hydrogens is 379 g/mol. The largest absolute Gasteiger partial charge is 0.298 e. The van der Waals surface area contributed by atoms with Crippen molar-refractivity contribution < 1.29 is 9.18 Å². The van der Waals surface area contributed by atoms with Crippen molar-refractivity contribution >= 4 is 60.1 Å². The Bertz CT molecular complexity index is 852. The number of amides is 1. The molecule has 1 amide bonds. The molecule has 0 atom stereocenters. The van der Waals surface area contributed by atoms with Crippen molar-refractivity contribution in [2.24, 2.45) is 0 Å². The maximum Gasteiger partial charge on any atom is 0.260 e. The molecule has 0 saturated heterocycles. The second-order valence-electron chi connectivity index (χ2n) is 4.18. The predicted octanol–water partition coefficient (Wildman–Crippen LogP) is 5.10. The van der Waals surface area contributed by atoms with E-state index in [0.717, 1.165) is 4.70 Å². The van der Waals surface area contributed by atoms with Gasteiger partial charge in [-0.3, -0.25) is 10.1 Å². The highest BCUT2D eigenvalue weighted by Gasteiger charge is 2.15. The van der Waals surface area contributed by atoms with Crippen LogP contribution in [0.2, 0.25) is 5.02 Å². The highest BCUT2D eigenvalue weighted by molar-refractivity contribution is 9.10. The Hall–Kier alpha value is -1.50. The van der Waals surface area contributed by atoms with Gasteiger partial charge < -0.3 is 0 Å². The van der Waals surface area contributed by atoms with Gasteiger partial charge in [-0.1, -0.05) is 44.9 Å². The van der Waals surface area contributed by atoms with Crippen molar-refractivity contribution in [3.8, 4) is 0 Å². The van der Waals surface area contributed by atoms with Crippen molar-refractivity contribution in [2.45, 2.75) is 0 Å². The fourth-order valence-electron chi connectivity index (χ4n) is 1.81. The first-order valence-electron chi connectivity index (χ1n) is 5.86. The van der Waals surface area contributed by atoms with Gasteiger partial charge in [-0.25, -0.2) is 9.37 Å². The van der Waals surface area contributed by atoms with Crippen LogP contribution in [0.25, 0.3) is 10.2 Å². The molecule has 1 N–H and O–H groups in total. The number of rotatable bonds is 2. The van der Waals surface area contributed by atoms with Crippen molar-refractivity contribution in [1.29, 1.82) is 0 Å². The third kappa shape index (κ3) is 2.92. The van der Waals surface area contributed by atoms with Crippen molar-refractivity contribution in [2.75, 3.05) is 5.32 Å². The van der Waals surface area contributed by atoms with Gasteiger partial charge in [-0.05, 0) is 30.3 Å². The minimum Gasteiger partial charge on any atom is -0.298 e.